The van der Waals surface area contributed by atoms with Crippen LogP contribution in [0.1, 0.15) is 21.7 Å². The summed E-state index contributed by atoms with van der Waals surface area (Å²) in [6.45, 7) is 1.66. The van der Waals surface area contributed by atoms with Gasteiger partial charge in [0.15, 0.2) is 5.13 Å². The zero-order valence-corrected chi connectivity index (χ0v) is 16.7. The number of pyridine rings is 1. The van der Waals surface area contributed by atoms with Gasteiger partial charge in [0.2, 0.25) is 0 Å². The number of carbonyl (C=O) groups excluding carboxylic acids is 1. The Morgan fingerprint density at radius 2 is 1.83 bits per heavy atom. The van der Waals surface area contributed by atoms with E-state index in [0.717, 1.165) is 10.5 Å². The highest BCUT2D eigenvalue weighted by Gasteiger charge is 2.35. The molecule has 2 N–H and O–H groups in total. The minimum atomic E-state index is -4.52. The molecule has 0 atom stereocenters. The lowest BCUT2D eigenvalue weighted by Gasteiger charge is -2.11. The Hall–Kier alpha value is -3.40. The van der Waals surface area contributed by atoms with Gasteiger partial charge in [-0.05, 0) is 43.3 Å². The molecule has 154 valence electrons. The number of amides is 1. The predicted octanol–water partition coefficient (Wildman–Crippen LogP) is 4.89. The number of fused-ring (bicyclic) bond motifs is 1. The molecule has 0 aliphatic carbocycles. The molecule has 0 saturated heterocycles. The Labute approximate surface area is 173 Å². The molecular formula is C20H16F3N5OS. The normalized spacial score (nSPS) is 11.6. The Kier molecular flexibility index (Phi) is 4.94. The molecule has 1 amide bonds. The van der Waals surface area contributed by atoms with Crippen LogP contribution < -0.4 is 10.6 Å². The summed E-state index contributed by atoms with van der Waals surface area (Å²) in [4.78, 5) is 20.3. The third-order valence-electron chi connectivity index (χ3n) is 4.48. The molecule has 0 radical (unpaired) electrons. The number of thiazole rings is 1. The molecule has 0 spiro atoms. The molecule has 6 nitrogen and oxygen atoms in total. The van der Waals surface area contributed by atoms with Gasteiger partial charge in [0.25, 0.3) is 5.91 Å². The Balaban J connectivity index is 1.69. The molecular weight excluding hydrogens is 415 g/mol. The van der Waals surface area contributed by atoms with E-state index < -0.39 is 11.9 Å². The Morgan fingerprint density at radius 3 is 2.50 bits per heavy atom. The zero-order chi connectivity index (χ0) is 21.5. The van der Waals surface area contributed by atoms with Crippen molar-refractivity contribution in [2.24, 2.45) is 0 Å². The smallest absolute Gasteiger partial charge is 0.355 e. The second kappa shape index (κ2) is 7.45. The molecule has 0 aliphatic heterocycles. The van der Waals surface area contributed by atoms with Gasteiger partial charge in [0.1, 0.15) is 17.0 Å². The number of hydrogen-bond acceptors (Lipinski definition) is 5. The number of nitrogens with one attached hydrogen (secondary N) is 2. The number of rotatable bonds is 4. The number of halogens is 3. The maximum atomic E-state index is 13.5. The molecule has 10 heteroatoms. The lowest BCUT2D eigenvalue weighted by Crippen LogP contribution is -2.17. The maximum Gasteiger partial charge on any atom is 0.431 e. The van der Waals surface area contributed by atoms with E-state index in [1.54, 1.807) is 43.6 Å². The minimum absolute atomic E-state index is 0.193. The standard InChI is InChI=1S/C20H16F3N5OS/c1-11-17(28-15(20(21,22)23)4-3-5-16(28)25-11)14-10-30-19(27-14)26-13-8-6-12(7-9-13)18(29)24-2/h3-10H,1-2H3,(H,24,29)(H,26,27). The van der Waals surface area contributed by atoms with E-state index in [1.165, 1.54) is 23.5 Å². The summed E-state index contributed by atoms with van der Waals surface area (Å²) < 4.78 is 41.7. The molecule has 4 aromatic rings. The molecule has 3 heterocycles. The van der Waals surface area contributed by atoms with Crippen LogP contribution in [0.5, 0.6) is 0 Å². The molecule has 0 unspecified atom stereocenters. The topological polar surface area (TPSA) is 71.3 Å². The quantitative estimate of drug-likeness (QED) is 0.483. The molecule has 3 aromatic heterocycles. The first-order valence-electron chi connectivity index (χ1n) is 8.88. The van der Waals surface area contributed by atoms with Crippen molar-refractivity contribution in [2.45, 2.75) is 13.1 Å². The molecule has 0 fully saturated rings. The number of aromatic nitrogens is 3. The van der Waals surface area contributed by atoms with Gasteiger partial charge in [-0.15, -0.1) is 11.3 Å². The fourth-order valence-electron chi connectivity index (χ4n) is 3.14. The number of nitrogens with zero attached hydrogens (tertiary/aromatic N) is 3. The average molecular weight is 431 g/mol. The summed E-state index contributed by atoms with van der Waals surface area (Å²) in [6, 6.07) is 10.7. The zero-order valence-electron chi connectivity index (χ0n) is 15.9. The number of aryl methyl sites for hydroxylation is 1. The second-order valence-corrected chi connectivity index (χ2v) is 7.33. The fraction of sp³-hybridized carbons (Fsp3) is 0.150. The van der Waals surface area contributed by atoms with Gasteiger partial charge in [-0.2, -0.15) is 13.2 Å². The van der Waals surface area contributed by atoms with Gasteiger partial charge >= 0.3 is 6.18 Å². The first kappa shape index (κ1) is 19.9. The molecule has 0 saturated carbocycles. The first-order chi connectivity index (χ1) is 14.3. The van der Waals surface area contributed by atoms with Crippen LogP contribution in [-0.4, -0.2) is 27.3 Å². The van der Waals surface area contributed by atoms with Crippen LogP contribution in [0.15, 0.2) is 47.8 Å². The summed E-state index contributed by atoms with van der Waals surface area (Å²) in [6.07, 6.45) is -4.52. The largest absolute Gasteiger partial charge is 0.431 e. The SMILES string of the molecule is CNC(=O)c1ccc(Nc2nc(-c3c(C)nc4cccc(C(F)(F)F)n34)cs2)cc1. The highest BCUT2D eigenvalue weighted by molar-refractivity contribution is 7.14. The highest BCUT2D eigenvalue weighted by atomic mass is 32.1. The van der Waals surface area contributed by atoms with Crippen LogP contribution in [0, 0.1) is 6.92 Å². The van der Waals surface area contributed by atoms with Crippen molar-refractivity contribution in [3.05, 3.63) is 64.8 Å². The van der Waals surface area contributed by atoms with Gasteiger partial charge < -0.3 is 10.6 Å². The summed E-state index contributed by atoms with van der Waals surface area (Å²) >= 11 is 1.26. The highest BCUT2D eigenvalue weighted by Crippen LogP contribution is 2.35. The summed E-state index contributed by atoms with van der Waals surface area (Å²) in [5.41, 5.74) is 1.78. The van der Waals surface area contributed by atoms with E-state index in [0.29, 0.717) is 33.5 Å². The van der Waals surface area contributed by atoms with E-state index in [9.17, 15) is 18.0 Å². The van der Waals surface area contributed by atoms with Gasteiger partial charge in [-0.1, -0.05) is 6.07 Å². The van der Waals surface area contributed by atoms with Crippen molar-refractivity contribution < 1.29 is 18.0 Å². The lowest BCUT2D eigenvalue weighted by atomic mass is 10.2. The molecule has 0 bridgehead atoms. The van der Waals surface area contributed by atoms with Gasteiger partial charge in [-0.25, -0.2) is 9.97 Å². The van der Waals surface area contributed by atoms with E-state index >= 15 is 0 Å². The fourth-order valence-corrected chi connectivity index (χ4v) is 3.86. The maximum absolute atomic E-state index is 13.5. The number of imidazole rings is 1. The van der Waals surface area contributed by atoms with Crippen molar-refractivity contribution in [3.63, 3.8) is 0 Å². The van der Waals surface area contributed by atoms with E-state index in [2.05, 4.69) is 20.6 Å². The molecule has 4 rings (SSSR count). The summed E-state index contributed by atoms with van der Waals surface area (Å²) in [7, 11) is 1.55. The monoisotopic (exact) mass is 431 g/mol. The first-order valence-corrected chi connectivity index (χ1v) is 9.76. The van der Waals surface area contributed by atoms with Crippen LogP contribution in [0.4, 0.5) is 24.0 Å². The Bertz CT molecular complexity index is 1230. The van der Waals surface area contributed by atoms with Crippen molar-refractivity contribution >= 4 is 33.7 Å². The predicted molar refractivity (Wildman–Crippen MR) is 109 cm³/mol. The molecule has 30 heavy (non-hydrogen) atoms. The lowest BCUT2D eigenvalue weighted by molar-refractivity contribution is -0.141. The van der Waals surface area contributed by atoms with Crippen molar-refractivity contribution in [3.8, 4) is 11.4 Å². The number of hydrogen-bond donors (Lipinski definition) is 2. The third-order valence-corrected chi connectivity index (χ3v) is 5.24. The Morgan fingerprint density at radius 1 is 1.10 bits per heavy atom. The van der Waals surface area contributed by atoms with Gasteiger partial charge in [-0.3, -0.25) is 9.20 Å². The van der Waals surface area contributed by atoms with Crippen molar-refractivity contribution in [2.75, 3.05) is 12.4 Å². The second-order valence-electron chi connectivity index (χ2n) is 6.47. The third kappa shape index (κ3) is 3.61. The van der Waals surface area contributed by atoms with Gasteiger partial charge in [0.05, 0.1) is 11.4 Å². The molecule has 0 aliphatic rings. The van der Waals surface area contributed by atoms with E-state index in [-0.39, 0.29) is 11.6 Å². The minimum Gasteiger partial charge on any atom is -0.355 e. The molecule has 1 aromatic carbocycles. The number of carbonyl (C=O) groups is 1. The van der Waals surface area contributed by atoms with E-state index in [1.807, 2.05) is 0 Å². The van der Waals surface area contributed by atoms with Gasteiger partial charge in [0, 0.05) is 23.7 Å². The summed E-state index contributed by atoms with van der Waals surface area (Å²) in [5.74, 6) is -0.193. The number of anilines is 2. The van der Waals surface area contributed by atoms with Crippen LogP contribution >= 0.6 is 11.3 Å². The van der Waals surface area contributed by atoms with Crippen molar-refractivity contribution in [1.82, 2.24) is 19.7 Å². The number of alkyl halides is 3. The van der Waals surface area contributed by atoms with Crippen LogP contribution in [0.2, 0.25) is 0 Å². The van der Waals surface area contributed by atoms with Crippen molar-refractivity contribution in [1.29, 1.82) is 0 Å². The van der Waals surface area contributed by atoms with Crippen LogP contribution in [0.25, 0.3) is 17.0 Å². The van der Waals surface area contributed by atoms with Crippen LogP contribution in [0.3, 0.4) is 0 Å². The summed E-state index contributed by atoms with van der Waals surface area (Å²) in [5, 5.41) is 7.85. The average Bonchev–Trinajstić information content (AvgIpc) is 3.29. The van der Waals surface area contributed by atoms with Crippen LogP contribution in [-0.2, 0) is 6.18 Å². The number of benzene rings is 1. The van der Waals surface area contributed by atoms with E-state index in [4.69, 9.17) is 0 Å².